The summed E-state index contributed by atoms with van der Waals surface area (Å²) in [4.78, 5) is 21.9. The van der Waals surface area contributed by atoms with Crippen molar-refractivity contribution < 1.29 is 19.1 Å². The van der Waals surface area contributed by atoms with Crippen molar-refractivity contribution in [2.45, 2.75) is 13.5 Å². The van der Waals surface area contributed by atoms with Gasteiger partial charge in [0.25, 0.3) is 0 Å². The molecule has 4 nitrogen and oxygen atoms in total. The van der Waals surface area contributed by atoms with E-state index in [9.17, 15) is 9.59 Å². The number of ether oxygens (including phenoxy) is 2. The molecular weight excluding hydrogens is 196 g/mol. The number of hydrogen-bond donors (Lipinski definition) is 0. The van der Waals surface area contributed by atoms with Crippen LogP contribution in [0.1, 0.15) is 22.8 Å². The lowest BCUT2D eigenvalue weighted by Crippen LogP contribution is -2.08. The maximum absolute atomic E-state index is 11.3. The quantitative estimate of drug-likeness (QED) is 0.707. The first-order valence-electron chi connectivity index (χ1n) is 4.44. The van der Waals surface area contributed by atoms with Crippen LogP contribution in [0.2, 0.25) is 0 Å². The fourth-order valence-electron chi connectivity index (χ4n) is 1.13. The lowest BCUT2D eigenvalue weighted by Gasteiger charge is -2.07. The Kier molecular flexibility index (Phi) is 3.85. The van der Waals surface area contributed by atoms with Gasteiger partial charge < -0.3 is 9.47 Å². The summed E-state index contributed by atoms with van der Waals surface area (Å²) in [6.45, 7) is 1.40. The van der Waals surface area contributed by atoms with Gasteiger partial charge >= 0.3 is 11.9 Å². The van der Waals surface area contributed by atoms with Gasteiger partial charge in [0.2, 0.25) is 0 Å². The van der Waals surface area contributed by atoms with Gasteiger partial charge in [-0.2, -0.15) is 0 Å². The number of methoxy groups -OCH3 is 1. The average Bonchev–Trinajstić information content (AvgIpc) is 2.25. The Morgan fingerprint density at radius 2 is 1.93 bits per heavy atom. The summed E-state index contributed by atoms with van der Waals surface area (Å²) in [5.41, 5.74) is 1.06. The fourth-order valence-corrected chi connectivity index (χ4v) is 1.13. The third-order valence-electron chi connectivity index (χ3n) is 1.85. The van der Waals surface area contributed by atoms with Crippen molar-refractivity contribution in [3.8, 4) is 0 Å². The second-order valence-electron chi connectivity index (χ2n) is 2.93. The SMILES string of the molecule is COC(=O)c1ccccc1COC(C)=O. The van der Waals surface area contributed by atoms with Crippen molar-refractivity contribution in [1.82, 2.24) is 0 Å². The smallest absolute Gasteiger partial charge is 0.338 e. The third kappa shape index (κ3) is 3.09. The summed E-state index contributed by atoms with van der Waals surface area (Å²) < 4.78 is 9.42. The summed E-state index contributed by atoms with van der Waals surface area (Å²) in [6, 6.07) is 6.84. The van der Waals surface area contributed by atoms with Crippen LogP contribution in [0.15, 0.2) is 24.3 Å². The van der Waals surface area contributed by atoms with Crippen molar-refractivity contribution in [2.75, 3.05) is 7.11 Å². The molecule has 0 aliphatic rings. The first-order valence-corrected chi connectivity index (χ1v) is 4.44. The molecule has 0 fully saturated rings. The number of hydrogen-bond acceptors (Lipinski definition) is 4. The van der Waals surface area contributed by atoms with E-state index < -0.39 is 5.97 Å². The van der Waals surface area contributed by atoms with E-state index in [1.807, 2.05) is 0 Å². The highest BCUT2D eigenvalue weighted by atomic mass is 16.5. The molecule has 0 amide bonds. The molecule has 1 aromatic carbocycles. The Morgan fingerprint density at radius 1 is 1.27 bits per heavy atom. The molecule has 1 rings (SSSR count). The summed E-state index contributed by atoms with van der Waals surface area (Å²) in [6.07, 6.45) is 0. The molecule has 0 heterocycles. The lowest BCUT2D eigenvalue weighted by molar-refractivity contribution is -0.142. The number of carbonyl (C=O) groups excluding carboxylic acids is 2. The summed E-state index contributed by atoms with van der Waals surface area (Å²) in [5.74, 6) is -0.813. The number of esters is 2. The van der Waals surface area contributed by atoms with E-state index in [1.165, 1.54) is 14.0 Å². The number of benzene rings is 1. The standard InChI is InChI=1S/C11H12O4/c1-8(12)15-7-9-5-3-4-6-10(9)11(13)14-2/h3-6H,7H2,1-2H3. The zero-order valence-electron chi connectivity index (χ0n) is 8.65. The van der Waals surface area contributed by atoms with Gasteiger partial charge in [0.15, 0.2) is 0 Å². The van der Waals surface area contributed by atoms with E-state index in [0.29, 0.717) is 11.1 Å². The number of rotatable bonds is 3. The van der Waals surface area contributed by atoms with Crippen LogP contribution in [0.3, 0.4) is 0 Å². The second-order valence-corrected chi connectivity index (χ2v) is 2.93. The molecule has 0 saturated heterocycles. The molecule has 0 N–H and O–H groups in total. The van der Waals surface area contributed by atoms with Crippen molar-refractivity contribution >= 4 is 11.9 Å². The van der Waals surface area contributed by atoms with Crippen LogP contribution in [0, 0.1) is 0 Å². The molecule has 0 radical (unpaired) electrons. The zero-order valence-corrected chi connectivity index (χ0v) is 8.65. The van der Waals surface area contributed by atoms with Crippen LogP contribution < -0.4 is 0 Å². The highest BCUT2D eigenvalue weighted by molar-refractivity contribution is 5.90. The van der Waals surface area contributed by atoms with Crippen molar-refractivity contribution in [3.05, 3.63) is 35.4 Å². The Hall–Kier alpha value is -1.84. The molecule has 80 valence electrons. The van der Waals surface area contributed by atoms with Crippen LogP contribution in [-0.2, 0) is 20.9 Å². The van der Waals surface area contributed by atoms with Gasteiger partial charge in [0, 0.05) is 12.5 Å². The van der Waals surface area contributed by atoms with Crippen LogP contribution >= 0.6 is 0 Å². The Bertz CT molecular complexity index is 371. The topological polar surface area (TPSA) is 52.6 Å². The minimum atomic E-state index is -0.433. The predicted octanol–water partition coefficient (Wildman–Crippen LogP) is 1.54. The van der Waals surface area contributed by atoms with E-state index in [4.69, 9.17) is 4.74 Å². The van der Waals surface area contributed by atoms with E-state index in [1.54, 1.807) is 24.3 Å². The normalized spacial score (nSPS) is 9.47. The molecule has 0 atom stereocenters. The maximum Gasteiger partial charge on any atom is 0.338 e. The van der Waals surface area contributed by atoms with Crippen LogP contribution in [-0.4, -0.2) is 19.0 Å². The molecule has 0 aromatic heterocycles. The molecule has 1 aromatic rings. The van der Waals surface area contributed by atoms with Gasteiger partial charge in [-0.3, -0.25) is 4.79 Å². The molecule has 0 aliphatic carbocycles. The Balaban J connectivity index is 2.86. The van der Waals surface area contributed by atoms with E-state index in [-0.39, 0.29) is 12.6 Å². The minimum Gasteiger partial charge on any atom is -0.465 e. The van der Waals surface area contributed by atoms with Gasteiger partial charge in [-0.05, 0) is 6.07 Å². The maximum atomic E-state index is 11.3. The van der Waals surface area contributed by atoms with Gasteiger partial charge in [-0.1, -0.05) is 18.2 Å². The summed E-state index contributed by atoms with van der Waals surface area (Å²) in [5, 5.41) is 0. The lowest BCUT2D eigenvalue weighted by atomic mass is 10.1. The monoisotopic (exact) mass is 208 g/mol. The first kappa shape index (κ1) is 11.2. The Labute approximate surface area is 87.8 Å². The van der Waals surface area contributed by atoms with Gasteiger partial charge in [-0.15, -0.1) is 0 Å². The molecule has 0 aliphatic heterocycles. The molecule has 0 bridgehead atoms. The highest BCUT2D eigenvalue weighted by Gasteiger charge is 2.11. The zero-order chi connectivity index (χ0) is 11.3. The van der Waals surface area contributed by atoms with E-state index in [2.05, 4.69) is 4.74 Å². The van der Waals surface area contributed by atoms with E-state index in [0.717, 1.165) is 0 Å². The predicted molar refractivity (Wildman–Crippen MR) is 53.3 cm³/mol. The largest absolute Gasteiger partial charge is 0.465 e. The van der Waals surface area contributed by atoms with Crippen molar-refractivity contribution in [2.24, 2.45) is 0 Å². The average molecular weight is 208 g/mol. The van der Waals surface area contributed by atoms with E-state index >= 15 is 0 Å². The third-order valence-corrected chi connectivity index (χ3v) is 1.85. The molecule has 0 spiro atoms. The highest BCUT2D eigenvalue weighted by Crippen LogP contribution is 2.11. The molecule has 0 saturated carbocycles. The minimum absolute atomic E-state index is 0.0839. The van der Waals surface area contributed by atoms with Crippen LogP contribution in [0.4, 0.5) is 0 Å². The summed E-state index contributed by atoms with van der Waals surface area (Å²) in [7, 11) is 1.31. The fraction of sp³-hybridized carbons (Fsp3) is 0.273. The molecular formula is C11H12O4. The van der Waals surface area contributed by atoms with Crippen LogP contribution in [0.25, 0.3) is 0 Å². The van der Waals surface area contributed by atoms with Gasteiger partial charge in [-0.25, -0.2) is 4.79 Å². The molecule has 4 heteroatoms. The van der Waals surface area contributed by atoms with Crippen LogP contribution in [0.5, 0.6) is 0 Å². The second kappa shape index (κ2) is 5.14. The first-order chi connectivity index (χ1) is 7.15. The Morgan fingerprint density at radius 3 is 2.53 bits per heavy atom. The number of carbonyl (C=O) groups is 2. The molecule has 0 unspecified atom stereocenters. The summed E-state index contributed by atoms with van der Waals surface area (Å²) >= 11 is 0. The van der Waals surface area contributed by atoms with Gasteiger partial charge in [0.1, 0.15) is 6.61 Å². The van der Waals surface area contributed by atoms with Crippen molar-refractivity contribution in [3.63, 3.8) is 0 Å². The van der Waals surface area contributed by atoms with Crippen molar-refractivity contribution in [1.29, 1.82) is 0 Å². The molecule has 15 heavy (non-hydrogen) atoms. The van der Waals surface area contributed by atoms with Gasteiger partial charge in [0.05, 0.1) is 12.7 Å².